The molecule has 2 nitrogen and oxygen atoms in total. The first-order chi connectivity index (χ1) is 10.0. The number of nitrogens with one attached hydrogen (secondary N) is 1. The zero-order valence-electron chi connectivity index (χ0n) is 13.5. The smallest absolute Gasteiger partial charge is 0.0438 e. The van der Waals surface area contributed by atoms with Gasteiger partial charge in [0.2, 0.25) is 0 Å². The minimum Gasteiger partial charge on any atom is -0.365 e. The Hall–Kier alpha value is -0.540. The Bertz CT molecular complexity index is 506. The van der Waals surface area contributed by atoms with E-state index in [1.54, 1.807) is 0 Å². The van der Waals surface area contributed by atoms with Crippen molar-refractivity contribution in [3.8, 4) is 0 Å². The van der Waals surface area contributed by atoms with Crippen LogP contribution in [0.2, 0.25) is 0 Å². The molecular formula is C18H27BrN2. The molecule has 0 aromatic heterocycles. The second-order valence-electron chi connectivity index (χ2n) is 7.24. The zero-order chi connectivity index (χ0) is 15.0. The molecule has 1 saturated carbocycles. The minimum atomic E-state index is 0.361. The van der Waals surface area contributed by atoms with E-state index in [4.69, 9.17) is 0 Å². The van der Waals surface area contributed by atoms with Gasteiger partial charge in [-0.15, -0.1) is 0 Å². The van der Waals surface area contributed by atoms with E-state index in [0.29, 0.717) is 17.5 Å². The first kappa shape index (κ1) is 15.4. The average molecular weight is 351 g/mol. The van der Waals surface area contributed by atoms with Gasteiger partial charge in [0, 0.05) is 34.8 Å². The summed E-state index contributed by atoms with van der Waals surface area (Å²) < 4.78 is 1.18. The summed E-state index contributed by atoms with van der Waals surface area (Å²) in [5, 5.41) is 3.91. The maximum atomic E-state index is 3.91. The van der Waals surface area contributed by atoms with Gasteiger partial charge in [0.25, 0.3) is 0 Å². The highest BCUT2D eigenvalue weighted by molar-refractivity contribution is 9.10. The molecular weight excluding hydrogens is 324 g/mol. The number of piperazine rings is 1. The molecule has 1 atom stereocenters. The van der Waals surface area contributed by atoms with Crippen molar-refractivity contribution < 1.29 is 0 Å². The van der Waals surface area contributed by atoms with Gasteiger partial charge in [-0.25, -0.2) is 0 Å². The molecule has 21 heavy (non-hydrogen) atoms. The zero-order valence-corrected chi connectivity index (χ0v) is 15.0. The SMILES string of the molecule is Cc1ccc(Br)cc1N1CC2(CCCC2)NCC1C(C)C. The molecule has 1 spiro atoms. The molecule has 1 aromatic carbocycles. The Balaban J connectivity index is 1.95. The van der Waals surface area contributed by atoms with Crippen molar-refractivity contribution in [2.24, 2.45) is 5.92 Å². The van der Waals surface area contributed by atoms with E-state index in [-0.39, 0.29) is 0 Å². The summed E-state index contributed by atoms with van der Waals surface area (Å²) in [5.74, 6) is 0.662. The van der Waals surface area contributed by atoms with Crippen molar-refractivity contribution in [1.29, 1.82) is 0 Å². The molecule has 1 saturated heterocycles. The standard InChI is InChI=1S/C18H27BrN2/c1-13(2)17-11-20-18(8-4-5-9-18)12-21(17)16-10-15(19)7-6-14(16)3/h6-7,10,13,17,20H,4-5,8-9,11-12H2,1-3H3. The fraction of sp³-hybridized carbons (Fsp3) is 0.667. The highest BCUT2D eigenvalue weighted by atomic mass is 79.9. The van der Waals surface area contributed by atoms with Gasteiger partial charge in [-0.3, -0.25) is 0 Å². The molecule has 0 amide bonds. The summed E-state index contributed by atoms with van der Waals surface area (Å²) in [7, 11) is 0. The first-order valence-electron chi connectivity index (χ1n) is 8.29. The van der Waals surface area contributed by atoms with Crippen LogP contribution in [0, 0.1) is 12.8 Å². The topological polar surface area (TPSA) is 15.3 Å². The monoisotopic (exact) mass is 350 g/mol. The van der Waals surface area contributed by atoms with Gasteiger partial charge in [0.1, 0.15) is 0 Å². The third-order valence-electron chi connectivity index (χ3n) is 5.37. The van der Waals surface area contributed by atoms with E-state index in [2.05, 4.69) is 65.1 Å². The van der Waals surface area contributed by atoms with Crippen molar-refractivity contribution in [1.82, 2.24) is 5.32 Å². The molecule has 1 N–H and O–H groups in total. The summed E-state index contributed by atoms with van der Waals surface area (Å²) in [4.78, 5) is 2.69. The van der Waals surface area contributed by atoms with Crippen LogP contribution >= 0.6 is 15.9 Å². The maximum absolute atomic E-state index is 3.91. The van der Waals surface area contributed by atoms with Crippen molar-refractivity contribution in [2.45, 2.75) is 58.0 Å². The van der Waals surface area contributed by atoms with Crippen LogP contribution in [-0.4, -0.2) is 24.7 Å². The molecule has 3 rings (SSSR count). The number of nitrogens with zero attached hydrogens (tertiary/aromatic N) is 1. The van der Waals surface area contributed by atoms with E-state index < -0.39 is 0 Å². The van der Waals surface area contributed by atoms with Crippen molar-refractivity contribution in [3.63, 3.8) is 0 Å². The summed E-state index contributed by atoms with van der Waals surface area (Å²) in [6.45, 7) is 9.21. The quantitative estimate of drug-likeness (QED) is 0.844. The van der Waals surface area contributed by atoms with Crippen LogP contribution < -0.4 is 10.2 Å². The predicted molar refractivity (Wildman–Crippen MR) is 94.1 cm³/mol. The molecule has 1 aliphatic heterocycles. The van der Waals surface area contributed by atoms with Gasteiger partial charge >= 0.3 is 0 Å². The minimum absolute atomic E-state index is 0.361. The first-order valence-corrected chi connectivity index (χ1v) is 9.08. The normalized spacial score (nSPS) is 25.0. The number of halogens is 1. The Morgan fingerprint density at radius 1 is 1.29 bits per heavy atom. The van der Waals surface area contributed by atoms with E-state index in [1.807, 2.05) is 0 Å². The van der Waals surface area contributed by atoms with Gasteiger partial charge in [-0.05, 0) is 43.4 Å². The molecule has 3 heteroatoms. The Morgan fingerprint density at radius 3 is 2.67 bits per heavy atom. The molecule has 1 aliphatic carbocycles. The van der Waals surface area contributed by atoms with Gasteiger partial charge < -0.3 is 10.2 Å². The largest absolute Gasteiger partial charge is 0.365 e. The maximum Gasteiger partial charge on any atom is 0.0438 e. The Kier molecular flexibility index (Phi) is 4.33. The van der Waals surface area contributed by atoms with Crippen molar-refractivity contribution in [2.75, 3.05) is 18.0 Å². The lowest BCUT2D eigenvalue weighted by molar-refractivity contribution is 0.245. The van der Waals surface area contributed by atoms with Gasteiger partial charge in [0.15, 0.2) is 0 Å². The molecule has 1 heterocycles. The molecule has 1 unspecified atom stereocenters. The summed E-state index contributed by atoms with van der Waals surface area (Å²) in [6, 6.07) is 7.28. The molecule has 0 bridgehead atoms. The Labute approximate surface area is 137 Å². The number of aryl methyl sites for hydroxylation is 1. The van der Waals surface area contributed by atoms with Crippen LogP contribution in [-0.2, 0) is 0 Å². The van der Waals surface area contributed by atoms with Crippen molar-refractivity contribution in [3.05, 3.63) is 28.2 Å². The average Bonchev–Trinajstić information content (AvgIpc) is 2.89. The summed E-state index contributed by atoms with van der Waals surface area (Å²) >= 11 is 3.65. The second-order valence-corrected chi connectivity index (χ2v) is 8.15. The van der Waals surface area contributed by atoms with Crippen LogP contribution in [0.5, 0.6) is 0 Å². The highest BCUT2D eigenvalue weighted by Gasteiger charge is 2.42. The third kappa shape index (κ3) is 3.00. The highest BCUT2D eigenvalue weighted by Crippen LogP contribution is 2.37. The number of hydrogen-bond donors (Lipinski definition) is 1. The van der Waals surface area contributed by atoms with Crippen molar-refractivity contribution >= 4 is 21.6 Å². The van der Waals surface area contributed by atoms with Crippen LogP contribution in [0.25, 0.3) is 0 Å². The lowest BCUT2D eigenvalue weighted by Crippen LogP contribution is -2.64. The number of rotatable bonds is 2. The van der Waals surface area contributed by atoms with Crippen LogP contribution in [0.3, 0.4) is 0 Å². The van der Waals surface area contributed by atoms with E-state index >= 15 is 0 Å². The predicted octanol–water partition coefficient (Wildman–Crippen LogP) is 4.50. The van der Waals surface area contributed by atoms with Crippen LogP contribution in [0.1, 0.15) is 45.1 Å². The number of anilines is 1. The van der Waals surface area contributed by atoms with E-state index in [0.717, 1.165) is 13.1 Å². The molecule has 1 aromatic rings. The molecule has 0 radical (unpaired) electrons. The molecule has 2 fully saturated rings. The molecule has 2 aliphatic rings. The van der Waals surface area contributed by atoms with Crippen LogP contribution in [0.15, 0.2) is 22.7 Å². The summed E-state index contributed by atoms with van der Waals surface area (Å²) in [6.07, 6.45) is 5.43. The molecule has 116 valence electrons. The van der Waals surface area contributed by atoms with Gasteiger partial charge in [0.05, 0.1) is 0 Å². The fourth-order valence-corrected chi connectivity index (χ4v) is 4.42. The van der Waals surface area contributed by atoms with Crippen LogP contribution in [0.4, 0.5) is 5.69 Å². The summed E-state index contributed by atoms with van der Waals surface area (Å²) in [5.41, 5.74) is 3.16. The third-order valence-corrected chi connectivity index (χ3v) is 5.86. The lowest BCUT2D eigenvalue weighted by Gasteiger charge is -2.49. The Morgan fingerprint density at radius 2 is 2.00 bits per heavy atom. The second kappa shape index (κ2) is 5.92. The van der Waals surface area contributed by atoms with Gasteiger partial charge in [-0.1, -0.05) is 48.7 Å². The fourth-order valence-electron chi connectivity index (χ4n) is 4.07. The number of benzene rings is 1. The number of hydrogen-bond acceptors (Lipinski definition) is 2. The van der Waals surface area contributed by atoms with Gasteiger partial charge in [-0.2, -0.15) is 0 Å². The van der Waals surface area contributed by atoms with E-state index in [1.165, 1.54) is 41.4 Å². The lowest BCUT2D eigenvalue weighted by atomic mass is 9.88. The van der Waals surface area contributed by atoms with E-state index in [9.17, 15) is 0 Å².